The summed E-state index contributed by atoms with van der Waals surface area (Å²) in [5.41, 5.74) is 0. The molecule has 0 radical (unpaired) electrons. The maximum absolute atomic E-state index is 8.25. The molecule has 8 nitrogen and oxygen atoms in total. The molecule has 0 aromatic rings. The van der Waals surface area contributed by atoms with Gasteiger partial charge in [-0.2, -0.15) is 0 Å². The predicted octanol–water partition coefficient (Wildman–Crippen LogP) is 0.406. The van der Waals surface area contributed by atoms with E-state index in [-0.39, 0.29) is 45.0 Å². The Hall–Kier alpha value is -0.298. The van der Waals surface area contributed by atoms with Crippen LogP contribution in [0.2, 0.25) is 0 Å². The summed E-state index contributed by atoms with van der Waals surface area (Å²) in [6.07, 6.45) is 0. The molecule has 0 aliphatic heterocycles. The second kappa shape index (κ2) is 47.4. The fraction of sp³-hybridized carbons (Fsp3) is 0. The van der Waals surface area contributed by atoms with Crippen molar-refractivity contribution in [2.24, 2.45) is 0 Å². The van der Waals surface area contributed by atoms with Crippen LogP contribution in [0.4, 0.5) is 0 Å². The Kier molecular flexibility index (Phi) is 372. The third-order valence-electron chi connectivity index (χ3n) is 0. The molecule has 0 spiro atoms. The van der Waals surface area contributed by atoms with Gasteiger partial charge >= 0.3 is 20.4 Å². The first kappa shape index (κ1) is 70.7. The zero-order valence-corrected chi connectivity index (χ0v) is 6.37. The molecule has 0 aromatic heterocycles. The quantitative estimate of drug-likeness (QED) is 0.264. The molecule has 0 saturated heterocycles. The average molecular weight is 237 g/mol. The van der Waals surface area contributed by atoms with Crippen molar-refractivity contribution in [2.45, 2.75) is 0 Å². The standard InChI is InChI=1S/NO3.4H3N.Pd/c2-1(3)4;;;;;/h;4*1H3;/q-1;;;;;+2. The third kappa shape index (κ3) is 2830. The molecule has 0 unspecified atom stereocenters. The maximum atomic E-state index is 8.25. The van der Waals surface area contributed by atoms with Crippen molar-refractivity contribution in [3.05, 3.63) is 15.3 Å². The molecule has 0 heterocycles. The van der Waals surface area contributed by atoms with Crippen molar-refractivity contribution in [3.63, 3.8) is 0 Å². The largest absolute Gasteiger partial charge is 2.00 e. The van der Waals surface area contributed by atoms with Gasteiger partial charge < -0.3 is 39.9 Å². The van der Waals surface area contributed by atoms with Crippen molar-refractivity contribution in [1.82, 2.24) is 24.6 Å². The Bertz CT molecular complexity index is 35.2. The van der Waals surface area contributed by atoms with Crippen LogP contribution in [0.5, 0.6) is 0 Å². The monoisotopic (exact) mass is 236 g/mol. The predicted molar refractivity (Wildman–Crippen MR) is 30.4 cm³/mol. The van der Waals surface area contributed by atoms with E-state index in [1.165, 1.54) is 0 Å². The summed E-state index contributed by atoms with van der Waals surface area (Å²) in [4.78, 5) is 8.25. The second-order valence-corrected chi connectivity index (χ2v) is 0.224. The molecule has 9 heteroatoms. The van der Waals surface area contributed by atoms with Crippen LogP contribution in [0.3, 0.4) is 0 Å². The van der Waals surface area contributed by atoms with E-state index in [1.54, 1.807) is 0 Å². The van der Waals surface area contributed by atoms with Gasteiger partial charge in [-0.1, -0.05) is 0 Å². The normalized spacial score (nSPS) is 2.67. The maximum Gasteiger partial charge on any atom is 2.00 e. The Morgan fingerprint density at radius 3 is 0.889 bits per heavy atom. The van der Waals surface area contributed by atoms with Gasteiger partial charge in [-0.05, 0) is 0 Å². The van der Waals surface area contributed by atoms with E-state index in [9.17, 15) is 0 Å². The van der Waals surface area contributed by atoms with Crippen LogP contribution in [-0.4, -0.2) is 5.09 Å². The van der Waals surface area contributed by atoms with E-state index in [0.29, 0.717) is 0 Å². The molecule has 0 bridgehead atoms. The summed E-state index contributed by atoms with van der Waals surface area (Å²) in [6, 6.07) is 0. The summed E-state index contributed by atoms with van der Waals surface area (Å²) in [5, 5.41) is 14.8. The Morgan fingerprint density at radius 1 is 0.889 bits per heavy atom. The fourth-order valence-corrected chi connectivity index (χ4v) is 0. The number of nitrogens with zero attached hydrogens (tertiary/aromatic N) is 1. The molecule has 0 aliphatic rings. The first-order valence-electron chi connectivity index (χ1n) is 0.548. The van der Waals surface area contributed by atoms with E-state index in [1.807, 2.05) is 0 Å². The second-order valence-electron chi connectivity index (χ2n) is 0.224. The first-order chi connectivity index (χ1) is 1.73. The molecule has 0 rings (SSSR count). The van der Waals surface area contributed by atoms with Crippen LogP contribution in [-0.2, 0) is 20.4 Å². The number of hydrogen-bond donors (Lipinski definition) is 4. The van der Waals surface area contributed by atoms with Gasteiger partial charge in [-0.3, -0.25) is 0 Å². The van der Waals surface area contributed by atoms with Gasteiger partial charge in [-0.15, -0.1) is 0 Å². The van der Waals surface area contributed by atoms with E-state index in [4.69, 9.17) is 15.3 Å². The summed E-state index contributed by atoms with van der Waals surface area (Å²) in [5.74, 6) is 0. The van der Waals surface area contributed by atoms with Crippen LogP contribution in [0.15, 0.2) is 0 Å². The minimum atomic E-state index is -1.75. The molecule has 9 heavy (non-hydrogen) atoms. The zero-order valence-electron chi connectivity index (χ0n) is 4.82. The van der Waals surface area contributed by atoms with E-state index in [0.717, 1.165) is 0 Å². The minimum Gasteiger partial charge on any atom is -0.356 e. The van der Waals surface area contributed by atoms with Gasteiger partial charge in [0, 0.05) is 0 Å². The molecule has 0 amide bonds. The van der Waals surface area contributed by atoms with E-state index < -0.39 is 5.09 Å². The summed E-state index contributed by atoms with van der Waals surface area (Å²) >= 11 is 0. The number of rotatable bonds is 0. The van der Waals surface area contributed by atoms with Crippen molar-refractivity contribution in [2.75, 3.05) is 0 Å². The molecule has 64 valence electrons. The molecule has 0 aliphatic carbocycles. The molecule has 0 aromatic carbocycles. The van der Waals surface area contributed by atoms with Gasteiger partial charge in [0.05, 0.1) is 5.09 Å². The van der Waals surface area contributed by atoms with Crippen LogP contribution < -0.4 is 24.6 Å². The van der Waals surface area contributed by atoms with Gasteiger partial charge in [0.25, 0.3) is 0 Å². The Morgan fingerprint density at radius 2 is 0.889 bits per heavy atom. The van der Waals surface area contributed by atoms with Gasteiger partial charge in [0.2, 0.25) is 0 Å². The molecule has 0 saturated carbocycles. The van der Waals surface area contributed by atoms with Crippen LogP contribution in [0, 0.1) is 15.3 Å². The minimum absolute atomic E-state index is 0. The van der Waals surface area contributed by atoms with E-state index >= 15 is 0 Å². The van der Waals surface area contributed by atoms with Crippen LogP contribution in [0.25, 0.3) is 0 Å². The van der Waals surface area contributed by atoms with Gasteiger partial charge in [-0.25, -0.2) is 0 Å². The van der Waals surface area contributed by atoms with E-state index in [2.05, 4.69) is 0 Å². The molecular weight excluding hydrogens is 224 g/mol. The van der Waals surface area contributed by atoms with Crippen molar-refractivity contribution in [3.8, 4) is 0 Å². The third-order valence-corrected chi connectivity index (χ3v) is 0. The fourth-order valence-electron chi connectivity index (χ4n) is 0. The summed E-state index contributed by atoms with van der Waals surface area (Å²) in [6.45, 7) is 0. The molecular formula is H12N5O3Pd+. The van der Waals surface area contributed by atoms with Crippen LogP contribution >= 0.6 is 0 Å². The molecule has 12 N–H and O–H groups in total. The van der Waals surface area contributed by atoms with Gasteiger partial charge in [0.15, 0.2) is 0 Å². The molecule has 0 atom stereocenters. The van der Waals surface area contributed by atoms with Crippen molar-refractivity contribution >= 4 is 0 Å². The smallest absolute Gasteiger partial charge is 0.356 e. The zero-order chi connectivity index (χ0) is 3.58. The van der Waals surface area contributed by atoms with Crippen molar-refractivity contribution in [1.29, 1.82) is 0 Å². The summed E-state index contributed by atoms with van der Waals surface area (Å²) in [7, 11) is 0. The van der Waals surface area contributed by atoms with Crippen LogP contribution in [0.1, 0.15) is 0 Å². The molecule has 0 fully saturated rings. The first-order valence-corrected chi connectivity index (χ1v) is 0.548. The Labute approximate surface area is 66.1 Å². The SMILES string of the molecule is N.N.N.N.O=[N+]([O-])[O-].[Pd+2]. The van der Waals surface area contributed by atoms with Gasteiger partial charge in [0.1, 0.15) is 0 Å². The average Bonchev–Trinajstić information content (AvgIpc) is 0.811. The topological polar surface area (TPSA) is 206 Å². The Balaban J connectivity index is -0.00000000450. The number of hydrogen-bond acceptors (Lipinski definition) is 7. The van der Waals surface area contributed by atoms with Crippen molar-refractivity contribution < 1.29 is 25.5 Å². The summed E-state index contributed by atoms with van der Waals surface area (Å²) < 4.78 is 0.